The predicted molar refractivity (Wildman–Crippen MR) is 151 cm³/mol. The fourth-order valence-corrected chi connectivity index (χ4v) is 4.54. The monoisotopic (exact) mass is 545 g/mol. The molecule has 10 nitrogen and oxygen atoms in total. The van der Waals surface area contributed by atoms with Gasteiger partial charge in [0.05, 0.1) is 33.4 Å². The minimum atomic E-state index is -1.07. The van der Waals surface area contributed by atoms with E-state index in [4.69, 9.17) is 14.2 Å². The summed E-state index contributed by atoms with van der Waals surface area (Å²) in [4.78, 5) is 29.8. The minimum Gasteiger partial charge on any atom is -0.497 e. The maximum absolute atomic E-state index is 14.2. The summed E-state index contributed by atoms with van der Waals surface area (Å²) in [6.07, 6.45) is 0. The summed E-state index contributed by atoms with van der Waals surface area (Å²) in [6, 6.07) is 18.9. The maximum Gasteiger partial charge on any atom is 0.248 e. The van der Waals surface area contributed by atoms with Gasteiger partial charge in [-0.25, -0.2) is 4.68 Å². The van der Waals surface area contributed by atoms with Gasteiger partial charge in [-0.05, 0) is 57.2 Å². The Bertz CT molecular complexity index is 1490. The summed E-state index contributed by atoms with van der Waals surface area (Å²) in [5.74, 6) is 0.848. The lowest BCUT2D eigenvalue weighted by molar-refractivity contribution is -0.143. The number of ether oxygens (including phenoxy) is 3. The average Bonchev–Trinajstić information content (AvgIpc) is 3.34. The number of nitrogens with zero attached hydrogens (tertiary/aromatic N) is 4. The Morgan fingerprint density at radius 2 is 1.62 bits per heavy atom. The number of hydrogen-bond acceptors (Lipinski definition) is 7. The fraction of sp³-hybridized carbons (Fsp3) is 0.333. The molecule has 1 N–H and O–H groups in total. The Balaban J connectivity index is 1.87. The third-order valence-corrected chi connectivity index (χ3v) is 6.35. The maximum atomic E-state index is 14.2. The zero-order valence-electron chi connectivity index (χ0n) is 23.7. The molecule has 1 unspecified atom stereocenters. The topological polar surface area (TPSA) is 108 Å². The van der Waals surface area contributed by atoms with Crippen LogP contribution in [-0.4, -0.2) is 58.6 Å². The number of para-hydroxylation sites is 2. The van der Waals surface area contributed by atoms with Gasteiger partial charge in [-0.3, -0.25) is 9.59 Å². The summed E-state index contributed by atoms with van der Waals surface area (Å²) in [6.45, 7) is 5.61. The highest BCUT2D eigenvalue weighted by Gasteiger charge is 2.36. The molecule has 0 bridgehead atoms. The van der Waals surface area contributed by atoms with Crippen LogP contribution in [0, 0.1) is 0 Å². The standard InChI is InChI=1S/C30H35N5O5/c1-30(2,3)31-29(37)28(22-17-21(38-4)15-16-26(22)40-6)34(18-20-11-7-10-14-25(20)39-5)27(36)19-35-24-13-9-8-12-23(24)32-33-35/h7-17,28H,18-19H2,1-6H3,(H,31,37). The molecule has 1 atom stereocenters. The molecule has 0 radical (unpaired) electrons. The number of rotatable bonds is 10. The van der Waals surface area contributed by atoms with Gasteiger partial charge in [0.2, 0.25) is 11.8 Å². The van der Waals surface area contributed by atoms with Crippen molar-refractivity contribution in [3.05, 3.63) is 77.9 Å². The van der Waals surface area contributed by atoms with Crippen LogP contribution >= 0.6 is 0 Å². The molecule has 0 spiro atoms. The van der Waals surface area contributed by atoms with Crippen LogP contribution in [0.15, 0.2) is 66.7 Å². The molecule has 3 aromatic carbocycles. The molecule has 4 rings (SSSR count). The molecular formula is C30H35N5O5. The van der Waals surface area contributed by atoms with Crippen molar-refractivity contribution in [3.63, 3.8) is 0 Å². The van der Waals surface area contributed by atoms with Gasteiger partial charge in [-0.1, -0.05) is 35.5 Å². The lowest BCUT2D eigenvalue weighted by Gasteiger charge is -2.34. The third-order valence-electron chi connectivity index (χ3n) is 6.35. The van der Waals surface area contributed by atoms with E-state index in [2.05, 4.69) is 15.6 Å². The number of methoxy groups -OCH3 is 3. The van der Waals surface area contributed by atoms with Crippen LogP contribution < -0.4 is 19.5 Å². The average molecular weight is 546 g/mol. The van der Waals surface area contributed by atoms with Crippen LogP contribution in [0.25, 0.3) is 11.0 Å². The summed E-state index contributed by atoms with van der Waals surface area (Å²) in [5, 5.41) is 11.4. The van der Waals surface area contributed by atoms with Crippen LogP contribution in [0.4, 0.5) is 0 Å². The summed E-state index contributed by atoms with van der Waals surface area (Å²) in [7, 11) is 4.64. The van der Waals surface area contributed by atoms with E-state index in [1.807, 2.05) is 69.3 Å². The summed E-state index contributed by atoms with van der Waals surface area (Å²) in [5.41, 5.74) is 2.03. The lowest BCUT2D eigenvalue weighted by Crippen LogP contribution is -2.49. The van der Waals surface area contributed by atoms with Gasteiger partial charge in [0.1, 0.15) is 35.4 Å². The van der Waals surface area contributed by atoms with E-state index in [9.17, 15) is 9.59 Å². The lowest BCUT2D eigenvalue weighted by atomic mass is 9.99. The summed E-state index contributed by atoms with van der Waals surface area (Å²) >= 11 is 0. The van der Waals surface area contributed by atoms with E-state index in [1.54, 1.807) is 32.4 Å². The third kappa shape index (κ3) is 6.33. The van der Waals surface area contributed by atoms with Crippen LogP contribution in [-0.2, 0) is 22.7 Å². The second-order valence-corrected chi connectivity index (χ2v) is 10.3. The van der Waals surface area contributed by atoms with E-state index in [0.29, 0.717) is 33.8 Å². The first-order valence-corrected chi connectivity index (χ1v) is 12.9. The molecule has 10 heteroatoms. The molecule has 0 saturated heterocycles. The molecule has 2 amide bonds. The Morgan fingerprint density at radius 1 is 0.925 bits per heavy atom. The van der Waals surface area contributed by atoms with Crippen molar-refractivity contribution < 1.29 is 23.8 Å². The zero-order chi connectivity index (χ0) is 28.9. The first kappa shape index (κ1) is 28.4. The second kappa shape index (κ2) is 12.1. The number of benzene rings is 3. The van der Waals surface area contributed by atoms with E-state index in [0.717, 1.165) is 5.56 Å². The number of nitrogens with one attached hydrogen (secondary N) is 1. The minimum absolute atomic E-state index is 0.0814. The Kier molecular flexibility index (Phi) is 8.57. The number of fused-ring (bicyclic) bond motifs is 1. The smallest absolute Gasteiger partial charge is 0.248 e. The van der Waals surface area contributed by atoms with Crippen molar-refractivity contribution in [2.24, 2.45) is 0 Å². The van der Waals surface area contributed by atoms with E-state index in [-0.39, 0.29) is 24.9 Å². The van der Waals surface area contributed by atoms with Gasteiger partial charge in [-0.15, -0.1) is 5.10 Å². The van der Waals surface area contributed by atoms with Crippen LogP contribution in [0.1, 0.15) is 37.9 Å². The number of hydrogen-bond donors (Lipinski definition) is 1. The second-order valence-electron chi connectivity index (χ2n) is 10.3. The number of carbonyl (C=O) groups excluding carboxylic acids is 2. The molecule has 4 aromatic rings. The normalized spacial score (nSPS) is 12.1. The molecular weight excluding hydrogens is 510 g/mol. The van der Waals surface area contributed by atoms with E-state index < -0.39 is 11.6 Å². The van der Waals surface area contributed by atoms with Gasteiger partial charge in [0.15, 0.2) is 0 Å². The van der Waals surface area contributed by atoms with Gasteiger partial charge < -0.3 is 24.4 Å². The first-order chi connectivity index (χ1) is 19.1. The van der Waals surface area contributed by atoms with Crippen molar-refractivity contribution in [1.29, 1.82) is 0 Å². The van der Waals surface area contributed by atoms with Crippen molar-refractivity contribution >= 4 is 22.8 Å². The number of aromatic nitrogens is 3. The predicted octanol–water partition coefficient (Wildman–Crippen LogP) is 4.14. The van der Waals surface area contributed by atoms with Crippen LogP contribution in [0.2, 0.25) is 0 Å². The molecule has 210 valence electrons. The quantitative estimate of drug-likeness (QED) is 0.319. The van der Waals surface area contributed by atoms with Crippen molar-refractivity contribution in [2.75, 3.05) is 21.3 Å². The fourth-order valence-electron chi connectivity index (χ4n) is 4.54. The van der Waals surface area contributed by atoms with Crippen molar-refractivity contribution in [1.82, 2.24) is 25.2 Å². The SMILES string of the molecule is COc1ccc(OC)c(C(C(=O)NC(C)(C)C)N(Cc2ccccc2OC)C(=O)Cn2nnc3ccccc32)c1. The summed E-state index contributed by atoms with van der Waals surface area (Å²) < 4.78 is 18.3. The first-order valence-electron chi connectivity index (χ1n) is 12.9. The van der Waals surface area contributed by atoms with E-state index in [1.165, 1.54) is 16.7 Å². The molecule has 0 fully saturated rings. The Hall–Kier alpha value is -4.60. The highest BCUT2D eigenvalue weighted by molar-refractivity contribution is 5.90. The molecule has 1 heterocycles. The molecule has 0 aliphatic rings. The Morgan fingerprint density at radius 3 is 2.33 bits per heavy atom. The van der Waals surface area contributed by atoms with Gasteiger partial charge >= 0.3 is 0 Å². The van der Waals surface area contributed by atoms with Gasteiger partial charge in [0, 0.05) is 16.7 Å². The molecule has 0 saturated carbocycles. The van der Waals surface area contributed by atoms with Crippen LogP contribution in [0.5, 0.6) is 17.2 Å². The zero-order valence-corrected chi connectivity index (χ0v) is 23.7. The molecule has 1 aromatic heterocycles. The van der Waals surface area contributed by atoms with E-state index >= 15 is 0 Å². The molecule has 40 heavy (non-hydrogen) atoms. The highest BCUT2D eigenvalue weighted by Crippen LogP contribution is 2.35. The largest absolute Gasteiger partial charge is 0.497 e. The number of amides is 2. The molecule has 0 aliphatic carbocycles. The van der Waals surface area contributed by atoms with Crippen molar-refractivity contribution in [2.45, 2.75) is 45.4 Å². The van der Waals surface area contributed by atoms with Gasteiger partial charge in [-0.2, -0.15) is 0 Å². The highest BCUT2D eigenvalue weighted by atomic mass is 16.5. The number of carbonyl (C=O) groups is 2. The van der Waals surface area contributed by atoms with Crippen LogP contribution in [0.3, 0.4) is 0 Å². The molecule has 0 aliphatic heterocycles. The Labute approximate surface area is 233 Å². The van der Waals surface area contributed by atoms with Crippen molar-refractivity contribution in [3.8, 4) is 17.2 Å². The van der Waals surface area contributed by atoms with Gasteiger partial charge in [0.25, 0.3) is 0 Å².